The number of nitrogens with zero attached hydrogens (tertiary/aromatic N) is 3. The number of aromatic nitrogens is 2. The van der Waals surface area contributed by atoms with Crippen LogP contribution in [0.25, 0.3) is 5.69 Å². The Labute approximate surface area is 222 Å². The average Bonchev–Trinajstić information content (AvgIpc) is 3.19. The minimum Gasteiger partial charge on any atom is -0.382 e. The molecule has 0 saturated carbocycles. The summed E-state index contributed by atoms with van der Waals surface area (Å²) in [4.78, 5) is 25.3. The molecule has 0 bridgehead atoms. The summed E-state index contributed by atoms with van der Waals surface area (Å²) < 4.78 is 29.2. The number of carbonyl (C=O) groups excluding carboxylic acids is 2. The van der Waals surface area contributed by atoms with Crippen molar-refractivity contribution in [3.05, 3.63) is 71.0 Å². The summed E-state index contributed by atoms with van der Waals surface area (Å²) in [6, 6.07) is 13.6. The SMILES string of the molecule is Cc1nn(-c2ccc(C(N)=O)c(NC3CCN(S(=O)(=O)c4ccccc4)CC3)c2)c2c1C(=O)NC(C)(C)C2. The molecule has 2 amide bonds. The van der Waals surface area contributed by atoms with Crippen LogP contribution in [0.1, 0.15) is 58.8 Å². The number of piperidine rings is 1. The molecule has 2 aromatic carbocycles. The number of nitrogens with one attached hydrogen (secondary N) is 2. The van der Waals surface area contributed by atoms with Crippen molar-refractivity contribution >= 4 is 27.5 Å². The average molecular weight is 537 g/mol. The molecule has 1 fully saturated rings. The summed E-state index contributed by atoms with van der Waals surface area (Å²) in [5.74, 6) is -0.716. The Morgan fingerprint density at radius 1 is 1.13 bits per heavy atom. The number of nitrogens with two attached hydrogens (primary N) is 1. The van der Waals surface area contributed by atoms with Crippen molar-refractivity contribution in [2.24, 2.45) is 5.73 Å². The highest BCUT2D eigenvalue weighted by atomic mass is 32.2. The van der Waals surface area contributed by atoms with E-state index in [1.165, 1.54) is 4.31 Å². The van der Waals surface area contributed by atoms with E-state index in [-0.39, 0.29) is 16.8 Å². The number of fused-ring (bicyclic) bond motifs is 1. The van der Waals surface area contributed by atoms with Gasteiger partial charge in [-0.05, 0) is 63.9 Å². The normalized spacial score (nSPS) is 18.0. The summed E-state index contributed by atoms with van der Waals surface area (Å²) >= 11 is 0. The minimum absolute atomic E-state index is 0.0523. The predicted molar refractivity (Wildman–Crippen MR) is 144 cm³/mol. The second kappa shape index (κ2) is 9.55. The van der Waals surface area contributed by atoms with Crippen LogP contribution in [0.3, 0.4) is 0 Å². The third-order valence-corrected chi connectivity index (χ3v) is 9.07. The number of anilines is 1. The molecule has 1 aromatic heterocycles. The topological polar surface area (TPSA) is 139 Å². The van der Waals surface area contributed by atoms with Gasteiger partial charge in [-0.1, -0.05) is 18.2 Å². The number of primary amides is 1. The highest BCUT2D eigenvalue weighted by molar-refractivity contribution is 7.89. The fourth-order valence-corrected chi connectivity index (χ4v) is 6.77. The number of hydrogen-bond acceptors (Lipinski definition) is 6. The zero-order chi connectivity index (χ0) is 27.2. The lowest BCUT2D eigenvalue weighted by molar-refractivity contribution is 0.0894. The van der Waals surface area contributed by atoms with Crippen molar-refractivity contribution in [2.45, 2.75) is 56.5 Å². The monoisotopic (exact) mass is 536 g/mol. The second-order valence-electron chi connectivity index (χ2n) is 10.6. The van der Waals surface area contributed by atoms with E-state index in [1.807, 2.05) is 19.9 Å². The fourth-order valence-electron chi connectivity index (χ4n) is 5.28. The summed E-state index contributed by atoms with van der Waals surface area (Å²) in [5, 5.41) is 11.1. The maximum absolute atomic E-state index is 13.0. The van der Waals surface area contributed by atoms with E-state index < -0.39 is 21.5 Å². The Balaban J connectivity index is 1.39. The molecule has 5 rings (SSSR count). The van der Waals surface area contributed by atoms with Gasteiger partial charge in [0.15, 0.2) is 0 Å². The first-order chi connectivity index (χ1) is 18.0. The lowest BCUT2D eigenvalue weighted by Gasteiger charge is -2.32. The quantitative estimate of drug-likeness (QED) is 0.443. The molecule has 2 aliphatic rings. The van der Waals surface area contributed by atoms with Gasteiger partial charge in [0.2, 0.25) is 10.0 Å². The molecular weight excluding hydrogens is 504 g/mol. The molecule has 0 unspecified atom stereocenters. The van der Waals surface area contributed by atoms with Crippen molar-refractivity contribution in [3.63, 3.8) is 0 Å². The molecule has 2 aliphatic heterocycles. The van der Waals surface area contributed by atoms with Crippen LogP contribution < -0.4 is 16.4 Å². The van der Waals surface area contributed by atoms with Crippen molar-refractivity contribution in [2.75, 3.05) is 18.4 Å². The summed E-state index contributed by atoms with van der Waals surface area (Å²) in [5.41, 5.74) is 8.88. The van der Waals surface area contributed by atoms with Crippen LogP contribution in [-0.2, 0) is 16.4 Å². The van der Waals surface area contributed by atoms with E-state index in [0.29, 0.717) is 60.5 Å². The van der Waals surface area contributed by atoms with Gasteiger partial charge in [-0.3, -0.25) is 9.59 Å². The highest BCUT2D eigenvalue weighted by Gasteiger charge is 2.35. The molecule has 0 aliphatic carbocycles. The molecule has 10 nitrogen and oxygen atoms in total. The van der Waals surface area contributed by atoms with Crippen LogP contribution >= 0.6 is 0 Å². The molecule has 0 spiro atoms. The Hall–Kier alpha value is -3.70. The van der Waals surface area contributed by atoms with Crippen molar-refractivity contribution in [1.29, 1.82) is 0 Å². The van der Waals surface area contributed by atoms with Crippen molar-refractivity contribution < 1.29 is 18.0 Å². The Morgan fingerprint density at radius 3 is 2.47 bits per heavy atom. The molecule has 3 heterocycles. The Kier molecular flexibility index (Phi) is 6.52. The van der Waals surface area contributed by atoms with Crippen LogP contribution in [0.2, 0.25) is 0 Å². The molecular formula is C27H32N6O4S. The maximum atomic E-state index is 13.0. The van der Waals surface area contributed by atoms with E-state index in [1.54, 1.807) is 54.1 Å². The molecule has 38 heavy (non-hydrogen) atoms. The first-order valence-electron chi connectivity index (χ1n) is 12.6. The Bertz CT molecular complexity index is 1510. The van der Waals surface area contributed by atoms with Gasteiger partial charge >= 0.3 is 0 Å². The largest absolute Gasteiger partial charge is 0.382 e. The first kappa shape index (κ1) is 25.9. The number of aryl methyl sites for hydroxylation is 1. The number of hydrogen-bond donors (Lipinski definition) is 3. The summed E-state index contributed by atoms with van der Waals surface area (Å²) in [6.45, 7) is 6.45. The zero-order valence-corrected chi connectivity index (χ0v) is 22.5. The molecule has 0 radical (unpaired) electrons. The number of rotatable bonds is 6. The number of benzene rings is 2. The predicted octanol–water partition coefficient (Wildman–Crippen LogP) is 2.61. The third-order valence-electron chi connectivity index (χ3n) is 7.15. The molecule has 0 atom stereocenters. The Morgan fingerprint density at radius 2 is 1.82 bits per heavy atom. The maximum Gasteiger partial charge on any atom is 0.255 e. The van der Waals surface area contributed by atoms with Crippen LogP contribution in [0, 0.1) is 6.92 Å². The lowest BCUT2D eigenvalue weighted by atomic mass is 9.90. The van der Waals surface area contributed by atoms with Gasteiger partial charge in [0.1, 0.15) is 0 Å². The standard InChI is InChI=1S/C27H32N6O4S/c1-17-24-23(16-27(2,3)30-26(24)35)33(31-17)19-9-10-21(25(28)34)22(15-19)29-18-11-13-32(14-12-18)38(36,37)20-7-5-4-6-8-20/h4-10,15,18,29H,11-14,16H2,1-3H3,(H2,28,34)(H,30,35). The smallest absolute Gasteiger partial charge is 0.255 e. The zero-order valence-electron chi connectivity index (χ0n) is 21.7. The molecule has 200 valence electrons. The molecule has 11 heteroatoms. The lowest BCUT2D eigenvalue weighted by Crippen LogP contribution is -2.49. The minimum atomic E-state index is -3.56. The fraction of sp³-hybridized carbons (Fsp3) is 0.370. The first-order valence-corrected chi connectivity index (χ1v) is 14.1. The van der Waals surface area contributed by atoms with E-state index in [9.17, 15) is 18.0 Å². The highest BCUT2D eigenvalue weighted by Crippen LogP contribution is 2.30. The van der Waals surface area contributed by atoms with E-state index in [4.69, 9.17) is 5.73 Å². The summed E-state index contributed by atoms with van der Waals surface area (Å²) in [7, 11) is -3.56. The van der Waals surface area contributed by atoms with Gasteiger partial charge in [-0.15, -0.1) is 0 Å². The number of amides is 2. The van der Waals surface area contributed by atoms with E-state index in [2.05, 4.69) is 15.7 Å². The van der Waals surface area contributed by atoms with Crippen LogP contribution in [0.15, 0.2) is 53.4 Å². The van der Waals surface area contributed by atoms with Gasteiger partial charge in [0.05, 0.1) is 33.1 Å². The summed E-state index contributed by atoms with van der Waals surface area (Å²) in [6.07, 6.45) is 1.74. The van der Waals surface area contributed by atoms with Crippen molar-refractivity contribution in [1.82, 2.24) is 19.4 Å². The van der Waals surface area contributed by atoms with E-state index >= 15 is 0 Å². The second-order valence-corrected chi connectivity index (χ2v) is 12.5. The van der Waals surface area contributed by atoms with Crippen LogP contribution in [0.5, 0.6) is 0 Å². The molecule has 1 saturated heterocycles. The molecule has 3 aromatic rings. The van der Waals surface area contributed by atoms with Crippen LogP contribution in [-0.4, -0.2) is 59.0 Å². The van der Waals surface area contributed by atoms with E-state index in [0.717, 1.165) is 5.69 Å². The number of sulfonamides is 1. The third kappa shape index (κ3) is 4.79. The van der Waals surface area contributed by atoms with Gasteiger partial charge in [-0.25, -0.2) is 13.1 Å². The number of carbonyl (C=O) groups is 2. The van der Waals surface area contributed by atoms with Crippen LogP contribution in [0.4, 0.5) is 5.69 Å². The van der Waals surface area contributed by atoms with Gasteiger partial charge in [-0.2, -0.15) is 9.40 Å². The van der Waals surface area contributed by atoms with Gasteiger partial charge in [0, 0.05) is 36.8 Å². The molecule has 4 N–H and O–H groups in total. The van der Waals surface area contributed by atoms with Crippen molar-refractivity contribution in [3.8, 4) is 5.69 Å². The van der Waals surface area contributed by atoms with Gasteiger partial charge < -0.3 is 16.4 Å². The van der Waals surface area contributed by atoms with Gasteiger partial charge in [0.25, 0.3) is 11.8 Å².